The molecule has 0 radical (unpaired) electrons. The van der Waals surface area contributed by atoms with Gasteiger partial charge in [0.2, 0.25) is 0 Å². The van der Waals surface area contributed by atoms with Crippen molar-refractivity contribution in [1.29, 1.82) is 0 Å². The molecule has 0 spiro atoms. The lowest BCUT2D eigenvalue weighted by Crippen LogP contribution is -2.44. The van der Waals surface area contributed by atoms with Gasteiger partial charge in [-0.2, -0.15) is 0 Å². The summed E-state index contributed by atoms with van der Waals surface area (Å²) in [6.07, 6.45) is 7.42. The van der Waals surface area contributed by atoms with E-state index in [0.29, 0.717) is 18.6 Å². The summed E-state index contributed by atoms with van der Waals surface area (Å²) < 4.78 is 5.11. The van der Waals surface area contributed by atoms with Gasteiger partial charge in [-0.15, -0.1) is 0 Å². The minimum atomic E-state index is -0.0353. The quantitative estimate of drug-likeness (QED) is 0.705. The molecule has 86 valence electrons. The van der Waals surface area contributed by atoms with Crippen LogP contribution >= 0.6 is 0 Å². The molecule has 3 nitrogen and oxygen atoms in total. The summed E-state index contributed by atoms with van der Waals surface area (Å²) in [6, 6.07) is 0.535. The van der Waals surface area contributed by atoms with Crippen LogP contribution in [0.15, 0.2) is 0 Å². The molecule has 0 saturated heterocycles. The van der Waals surface area contributed by atoms with Gasteiger partial charge in [0.15, 0.2) is 0 Å². The van der Waals surface area contributed by atoms with Gasteiger partial charge >= 0.3 is 5.97 Å². The van der Waals surface area contributed by atoms with E-state index in [1.54, 1.807) is 0 Å². The lowest BCUT2D eigenvalue weighted by molar-refractivity contribution is -0.146. The third kappa shape index (κ3) is 2.94. The van der Waals surface area contributed by atoms with E-state index in [2.05, 4.69) is 5.32 Å². The van der Waals surface area contributed by atoms with Crippen LogP contribution in [0.25, 0.3) is 0 Å². The molecular formula is C12H21NO2. The molecule has 1 atom stereocenters. The summed E-state index contributed by atoms with van der Waals surface area (Å²) in [4.78, 5) is 11.7. The van der Waals surface area contributed by atoms with Crippen molar-refractivity contribution in [3.8, 4) is 0 Å². The van der Waals surface area contributed by atoms with Crippen molar-refractivity contribution >= 4 is 5.97 Å². The number of ether oxygens (including phenoxy) is 1. The highest BCUT2D eigenvalue weighted by Gasteiger charge is 2.38. The van der Waals surface area contributed by atoms with Gasteiger partial charge in [0.1, 0.15) is 6.04 Å². The Kier molecular flexibility index (Phi) is 3.62. The van der Waals surface area contributed by atoms with Gasteiger partial charge in [0.25, 0.3) is 0 Å². The van der Waals surface area contributed by atoms with Crippen LogP contribution in [0.1, 0.15) is 45.4 Å². The summed E-state index contributed by atoms with van der Waals surface area (Å²) in [5, 5.41) is 3.49. The van der Waals surface area contributed by atoms with E-state index in [1.165, 1.54) is 38.5 Å². The predicted octanol–water partition coefficient (Wildman–Crippen LogP) is 1.86. The Morgan fingerprint density at radius 2 is 2.00 bits per heavy atom. The van der Waals surface area contributed by atoms with E-state index in [1.807, 2.05) is 6.92 Å². The second-order valence-corrected chi connectivity index (χ2v) is 4.72. The minimum absolute atomic E-state index is 0.0203. The molecule has 0 aromatic carbocycles. The molecule has 2 rings (SSSR count). The third-order valence-corrected chi connectivity index (χ3v) is 3.40. The normalized spacial score (nSPS) is 24.1. The molecule has 0 aliphatic heterocycles. The Morgan fingerprint density at radius 1 is 1.33 bits per heavy atom. The molecular weight excluding hydrogens is 190 g/mol. The van der Waals surface area contributed by atoms with Crippen molar-refractivity contribution in [2.75, 3.05) is 6.61 Å². The molecule has 15 heavy (non-hydrogen) atoms. The van der Waals surface area contributed by atoms with E-state index in [4.69, 9.17) is 4.74 Å². The summed E-state index contributed by atoms with van der Waals surface area (Å²) in [5.74, 6) is 0.511. The first kappa shape index (κ1) is 10.9. The Hall–Kier alpha value is -0.570. The van der Waals surface area contributed by atoms with Gasteiger partial charge in [-0.3, -0.25) is 4.79 Å². The SMILES string of the molecule is CCOC(=O)C(NC1CCCC1)C1CC1. The molecule has 1 unspecified atom stereocenters. The summed E-state index contributed by atoms with van der Waals surface area (Å²) in [7, 11) is 0. The predicted molar refractivity (Wildman–Crippen MR) is 58.5 cm³/mol. The van der Waals surface area contributed by atoms with Crippen LogP contribution in [0.3, 0.4) is 0 Å². The largest absolute Gasteiger partial charge is 0.465 e. The first-order valence-corrected chi connectivity index (χ1v) is 6.24. The van der Waals surface area contributed by atoms with Crippen LogP contribution in [-0.2, 0) is 9.53 Å². The number of carbonyl (C=O) groups is 1. The average Bonchev–Trinajstić information content (AvgIpc) is 2.93. The molecule has 2 aliphatic carbocycles. The lowest BCUT2D eigenvalue weighted by atomic mass is 10.1. The van der Waals surface area contributed by atoms with Gasteiger partial charge in [-0.1, -0.05) is 12.8 Å². The first-order chi connectivity index (χ1) is 7.31. The van der Waals surface area contributed by atoms with Gasteiger partial charge in [0, 0.05) is 6.04 Å². The van der Waals surface area contributed by atoms with Crippen molar-refractivity contribution in [3.05, 3.63) is 0 Å². The summed E-state index contributed by atoms with van der Waals surface area (Å²) >= 11 is 0. The number of nitrogens with one attached hydrogen (secondary N) is 1. The standard InChI is InChI=1S/C12H21NO2/c1-2-15-12(14)11(9-7-8-9)13-10-5-3-4-6-10/h9-11,13H,2-8H2,1H3. The van der Waals surface area contributed by atoms with Crippen LogP contribution in [0.5, 0.6) is 0 Å². The number of hydrogen-bond acceptors (Lipinski definition) is 3. The van der Waals surface area contributed by atoms with Gasteiger partial charge in [-0.25, -0.2) is 0 Å². The van der Waals surface area contributed by atoms with Crippen LogP contribution < -0.4 is 5.32 Å². The van der Waals surface area contributed by atoms with Crippen molar-refractivity contribution in [1.82, 2.24) is 5.32 Å². The smallest absolute Gasteiger partial charge is 0.323 e. The molecule has 0 amide bonds. The van der Waals surface area contributed by atoms with Crippen LogP contribution in [0, 0.1) is 5.92 Å². The second-order valence-electron chi connectivity index (χ2n) is 4.72. The van der Waals surface area contributed by atoms with E-state index in [-0.39, 0.29) is 12.0 Å². The fourth-order valence-electron chi connectivity index (χ4n) is 2.40. The van der Waals surface area contributed by atoms with Crippen LogP contribution in [0.4, 0.5) is 0 Å². The van der Waals surface area contributed by atoms with Crippen molar-refractivity contribution in [3.63, 3.8) is 0 Å². The monoisotopic (exact) mass is 211 g/mol. The lowest BCUT2D eigenvalue weighted by Gasteiger charge is -2.21. The van der Waals surface area contributed by atoms with Crippen molar-refractivity contribution < 1.29 is 9.53 Å². The topological polar surface area (TPSA) is 38.3 Å². The highest BCUT2D eigenvalue weighted by molar-refractivity contribution is 5.76. The van der Waals surface area contributed by atoms with E-state index in [0.717, 1.165) is 0 Å². The Morgan fingerprint density at radius 3 is 2.53 bits per heavy atom. The molecule has 0 bridgehead atoms. The highest BCUT2D eigenvalue weighted by atomic mass is 16.5. The Bertz CT molecular complexity index is 220. The maximum Gasteiger partial charge on any atom is 0.323 e. The number of rotatable bonds is 5. The Balaban J connectivity index is 1.84. The molecule has 0 heterocycles. The Labute approximate surface area is 91.6 Å². The summed E-state index contributed by atoms with van der Waals surface area (Å²) in [6.45, 7) is 2.37. The van der Waals surface area contributed by atoms with Crippen molar-refractivity contribution in [2.24, 2.45) is 5.92 Å². The maximum atomic E-state index is 11.7. The summed E-state index contributed by atoms with van der Waals surface area (Å²) in [5.41, 5.74) is 0. The molecule has 3 heteroatoms. The van der Waals surface area contributed by atoms with Gasteiger partial charge < -0.3 is 10.1 Å². The van der Waals surface area contributed by atoms with E-state index >= 15 is 0 Å². The van der Waals surface area contributed by atoms with Crippen LogP contribution in [0.2, 0.25) is 0 Å². The number of carbonyl (C=O) groups excluding carboxylic acids is 1. The zero-order valence-corrected chi connectivity index (χ0v) is 9.50. The van der Waals surface area contributed by atoms with Gasteiger partial charge in [0.05, 0.1) is 6.61 Å². The zero-order chi connectivity index (χ0) is 10.7. The molecule has 1 N–H and O–H groups in total. The molecule has 0 aromatic rings. The maximum absolute atomic E-state index is 11.7. The molecule has 2 aliphatic rings. The second kappa shape index (κ2) is 4.97. The fraction of sp³-hybridized carbons (Fsp3) is 0.917. The zero-order valence-electron chi connectivity index (χ0n) is 9.50. The van der Waals surface area contributed by atoms with Crippen LogP contribution in [-0.4, -0.2) is 24.7 Å². The third-order valence-electron chi connectivity index (χ3n) is 3.40. The van der Waals surface area contributed by atoms with E-state index < -0.39 is 0 Å². The van der Waals surface area contributed by atoms with Gasteiger partial charge in [-0.05, 0) is 38.5 Å². The number of esters is 1. The minimum Gasteiger partial charge on any atom is -0.465 e. The number of hydrogen-bond donors (Lipinski definition) is 1. The molecule has 2 saturated carbocycles. The fourth-order valence-corrected chi connectivity index (χ4v) is 2.40. The highest BCUT2D eigenvalue weighted by Crippen LogP contribution is 2.34. The average molecular weight is 211 g/mol. The molecule has 0 aromatic heterocycles. The molecule has 2 fully saturated rings. The first-order valence-electron chi connectivity index (χ1n) is 6.24. The van der Waals surface area contributed by atoms with E-state index in [9.17, 15) is 4.79 Å². The van der Waals surface area contributed by atoms with Crippen molar-refractivity contribution in [2.45, 2.75) is 57.5 Å².